The van der Waals surface area contributed by atoms with E-state index in [9.17, 15) is 4.79 Å². The third kappa shape index (κ3) is 2.07. The van der Waals surface area contributed by atoms with Gasteiger partial charge in [0.15, 0.2) is 0 Å². The van der Waals surface area contributed by atoms with E-state index < -0.39 is 0 Å². The topological polar surface area (TPSA) is 50.2 Å². The fourth-order valence-electron chi connectivity index (χ4n) is 3.17. The molecule has 98 valence electrons. The molecule has 4 heterocycles. The van der Waals surface area contributed by atoms with Gasteiger partial charge in [0.25, 0.3) is 0 Å². The largest absolute Gasteiger partial charge is 0.342 e. The molecule has 3 saturated heterocycles. The summed E-state index contributed by atoms with van der Waals surface area (Å²) >= 11 is 3.30. The number of piperidine rings is 3. The van der Waals surface area contributed by atoms with Gasteiger partial charge < -0.3 is 5.32 Å². The van der Waals surface area contributed by atoms with E-state index in [-0.39, 0.29) is 12.1 Å². The lowest BCUT2D eigenvalue weighted by Crippen LogP contribution is -2.62. The molecule has 2 bridgehead atoms. The normalized spacial score (nSPS) is 34.6. The number of hydrogen-bond donors (Lipinski definition) is 1. The van der Waals surface area contributed by atoms with Crippen LogP contribution in [0.1, 0.15) is 19.8 Å². The third-order valence-electron chi connectivity index (χ3n) is 4.23. The summed E-state index contributed by atoms with van der Waals surface area (Å²) in [5.74, 6) is 0.618. The molecule has 3 aliphatic heterocycles. The molecule has 0 unspecified atom stereocenters. The monoisotopic (exact) mass is 312 g/mol. The van der Waals surface area contributed by atoms with Crippen LogP contribution in [0.2, 0.25) is 0 Å². The average Bonchev–Trinajstić information content (AvgIpc) is 2.81. The smallest absolute Gasteiger partial charge is 0.332 e. The van der Waals surface area contributed by atoms with Gasteiger partial charge in [-0.05, 0) is 54.7 Å². The molecule has 18 heavy (non-hydrogen) atoms. The van der Waals surface area contributed by atoms with Gasteiger partial charge in [0.2, 0.25) is 0 Å². The van der Waals surface area contributed by atoms with Gasteiger partial charge in [-0.25, -0.2) is 4.79 Å². The molecule has 5 nitrogen and oxygen atoms in total. The second kappa shape index (κ2) is 4.66. The van der Waals surface area contributed by atoms with Crippen LogP contribution in [0.3, 0.4) is 0 Å². The summed E-state index contributed by atoms with van der Waals surface area (Å²) in [5.41, 5.74) is 0. The zero-order chi connectivity index (χ0) is 12.7. The van der Waals surface area contributed by atoms with Gasteiger partial charge in [-0.2, -0.15) is 9.78 Å². The summed E-state index contributed by atoms with van der Waals surface area (Å²) in [6.45, 7) is 4.55. The minimum Gasteiger partial charge on any atom is -0.332 e. The average molecular weight is 313 g/mol. The first-order valence-electron chi connectivity index (χ1n) is 6.40. The molecule has 2 atom stereocenters. The third-order valence-corrected chi connectivity index (χ3v) is 4.64. The number of rotatable bonds is 1. The molecule has 1 N–H and O–H groups in total. The Kier molecular flexibility index (Phi) is 3.15. The molecule has 3 aliphatic rings. The molecule has 3 fully saturated rings. The second-order valence-corrected chi connectivity index (χ2v) is 6.11. The van der Waals surface area contributed by atoms with Gasteiger partial charge in [0, 0.05) is 18.3 Å². The van der Waals surface area contributed by atoms with Crippen molar-refractivity contribution < 1.29 is 4.79 Å². The quantitative estimate of drug-likeness (QED) is 0.858. The molecular formula is C12H17BrN4O. The molecule has 0 saturated carbocycles. The maximum atomic E-state index is 12.1. The number of halogens is 1. The molecule has 0 radical (unpaired) electrons. The Morgan fingerprint density at radius 2 is 2.22 bits per heavy atom. The highest BCUT2D eigenvalue weighted by atomic mass is 79.9. The Bertz CT molecular complexity index is 451. The van der Waals surface area contributed by atoms with Gasteiger partial charge in [0.05, 0.1) is 10.7 Å². The van der Waals surface area contributed by atoms with Crippen LogP contribution in [0.5, 0.6) is 0 Å². The van der Waals surface area contributed by atoms with Crippen LogP contribution in [0.25, 0.3) is 0 Å². The van der Waals surface area contributed by atoms with Gasteiger partial charge in [0.1, 0.15) is 0 Å². The molecule has 6 heteroatoms. The summed E-state index contributed by atoms with van der Waals surface area (Å²) in [6.07, 6.45) is 5.69. The Morgan fingerprint density at radius 1 is 1.50 bits per heavy atom. The molecule has 0 aliphatic carbocycles. The molecule has 0 spiro atoms. The van der Waals surface area contributed by atoms with Gasteiger partial charge >= 0.3 is 6.03 Å². The molecule has 1 aromatic rings. The Morgan fingerprint density at radius 3 is 2.78 bits per heavy atom. The minimum atomic E-state index is -0.133. The predicted octanol–water partition coefficient (Wildman–Crippen LogP) is 1.69. The Balaban J connectivity index is 1.71. The molecule has 1 aromatic heterocycles. The van der Waals surface area contributed by atoms with Crippen molar-refractivity contribution in [1.82, 2.24) is 20.0 Å². The van der Waals surface area contributed by atoms with Crippen molar-refractivity contribution in [3.63, 3.8) is 0 Å². The van der Waals surface area contributed by atoms with Crippen molar-refractivity contribution in [3.8, 4) is 0 Å². The molecule has 0 aromatic carbocycles. The van der Waals surface area contributed by atoms with Crippen LogP contribution in [0.4, 0.5) is 4.79 Å². The first-order chi connectivity index (χ1) is 8.65. The molecule has 1 amide bonds. The predicted molar refractivity (Wildman–Crippen MR) is 71.4 cm³/mol. The van der Waals surface area contributed by atoms with Crippen molar-refractivity contribution in [2.75, 3.05) is 13.1 Å². The fraction of sp³-hybridized carbons (Fsp3) is 0.667. The summed E-state index contributed by atoms with van der Waals surface area (Å²) in [4.78, 5) is 14.6. The number of carbonyl (C=O) groups excluding carboxylic acids is 1. The lowest BCUT2D eigenvalue weighted by Gasteiger charge is -2.49. The van der Waals surface area contributed by atoms with E-state index in [1.54, 1.807) is 12.4 Å². The van der Waals surface area contributed by atoms with E-state index >= 15 is 0 Å². The second-order valence-electron chi connectivity index (χ2n) is 5.19. The van der Waals surface area contributed by atoms with Crippen molar-refractivity contribution in [2.45, 2.75) is 31.8 Å². The Labute approximate surface area is 115 Å². The number of amides is 1. The van der Waals surface area contributed by atoms with Crippen LogP contribution in [0, 0.1) is 5.92 Å². The number of hydrogen-bond acceptors (Lipinski definition) is 3. The van der Waals surface area contributed by atoms with Gasteiger partial charge in [-0.1, -0.05) is 0 Å². The zero-order valence-corrected chi connectivity index (χ0v) is 11.9. The maximum Gasteiger partial charge on any atom is 0.342 e. The summed E-state index contributed by atoms with van der Waals surface area (Å²) in [5, 5.41) is 7.14. The van der Waals surface area contributed by atoms with Crippen LogP contribution >= 0.6 is 15.9 Å². The lowest BCUT2D eigenvalue weighted by atomic mass is 9.79. The summed E-state index contributed by atoms with van der Waals surface area (Å²) < 4.78 is 2.17. The summed E-state index contributed by atoms with van der Waals surface area (Å²) in [6, 6.07) is 0.551. The highest BCUT2D eigenvalue weighted by Gasteiger charge is 2.40. The van der Waals surface area contributed by atoms with E-state index in [1.807, 2.05) is 0 Å². The van der Waals surface area contributed by atoms with Crippen LogP contribution in [-0.2, 0) is 0 Å². The first-order valence-corrected chi connectivity index (χ1v) is 7.19. The summed E-state index contributed by atoms with van der Waals surface area (Å²) in [7, 11) is 0. The van der Waals surface area contributed by atoms with E-state index in [1.165, 1.54) is 30.6 Å². The van der Waals surface area contributed by atoms with E-state index in [2.05, 4.69) is 38.2 Å². The SMILES string of the molecule is C[C@@H]1[C@H](NC(=O)n2cc(Br)cn2)C2CCN1CC2. The van der Waals surface area contributed by atoms with Crippen LogP contribution in [-0.4, -0.2) is 45.9 Å². The lowest BCUT2D eigenvalue weighted by molar-refractivity contribution is 0.0266. The van der Waals surface area contributed by atoms with Gasteiger partial charge in [-0.15, -0.1) is 0 Å². The van der Waals surface area contributed by atoms with Gasteiger partial charge in [-0.3, -0.25) is 4.90 Å². The number of nitrogens with zero attached hydrogens (tertiary/aromatic N) is 3. The number of fused-ring (bicyclic) bond motifs is 3. The van der Waals surface area contributed by atoms with Crippen molar-refractivity contribution in [1.29, 1.82) is 0 Å². The van der Waals surface area contributed by atoms with E-state index in [0.717, 1.165) is 4.47 Å². The minimum absolute atomic E-state index is 0.133. The Hall–Kier alpha value is -0.880. The van der Waals surface area contributed by atoms with Crippen molar-refractivity contribution in [3.05, 3.63) is 16.9 Å². The van der Waals surface area contributed by atoms with E-state index in [4.69, 9.17) is 0 Å². The fourth-order valence-corrected chi connectivity index (χ4v) is 3.45. The highest BCUT2D eigenvalue weighted by Crippen LogP contribution is 2.32. The number of aromatic nitrogens is 2. The first kappa shape index (κ1) is 12.2. The maximum absolute atomic E-state index is 12.1. The van der Waals surface area contributed by atoms with Crippen LogP contribution < -0.4 is 5.32 Å². The number of carbonyl (C=O) groups is 1. The standard InChI is InChI=1S/C12H17BrN4O/c1-8-11(9-2-4-16(8)5-3-9)15-12(18)17-7-10(13)6-14-17/h6-9,11H,2-5H2,1H3,(H,15,18)/t8-,11+/m1/s1. The van der Waals surface area contributed by atoms with Crippen molar-refractivity contribution >= 4 is 22.0 Å². The van der Waals surface area contributed by atoms with Crippen LogP contribution in [0.15, 0.2) is 16.9 Å². The van der Waals surface area contributed by atoms with E-state index in [0.29, 0.717) is 12.0 Å². The van der Waals surface area contributed by atoms with Crippen molar-refractivity contribution in [2.24, 2.45) is 5.92 Å². The number of nitrogens with one attached hydrogen (secondary N) is 1. The molecule has 4 rings (SSSR count). The zero-order valence-electron chi connectivity index (χ0n) is 10.3. The highest BCUT2D eigenvalue weighted by molar-refractivity contribution is 9.10. The molecular weight excluding hydrogens is 296 g/mol.